The van der Waals surface area contributed by atoms with Crippen LogP contribution in [-0.2, 0) is 9.59 Å². The number of carboxylic acids is 1. The first-order valence-electron chi connectivity index (χ1n) is 3.72. The van der Waals surface area contributed by atoms with Gasteiger partial charge < -0.3 is 5.11 Å². The summed E-state index contributed by atoms with van der Waals surface area (Å²) in [6.07, 6.45) is 2.51. The third-order valence-electron chi connectivity index (χ3n) is 1.55. The maximum absolute atomic E-state index is 10.7. The Hall–Kier alpha value is -2.26. The predicted molar refractivity (Wildman–Crippen MR) is 56.2 cm³/mol. The zero-order chi connectivity index (χ0) is 11.3. The second-order valence-corrected chi connectivity index (χ2v) is 2.41. The molecule has 0 saturated carbocycles. The highest BCUT2D eigenvalue weighted by atomic mass is 35.5. The molecule has 0 fully saturated rings. The SMILES string of the molecule is Cl.O=C=Nc1ccc(C(=O)O)c(N=C=O)c1. The second-order valence-electron chi connectivity index (χ2n) is 2.41. The Morgan fingerprint density at radius 1 is 1.19 bits per heavy atom. The molecule has 1 aromatic carbocycles. The number of halogens is 1. The number of nitrogens with zero attached hydrogens (tertiary/aromatic N) is 2. The van der Waals surface area contributed by atoms with Crippen LogP contribution in [0.15, 0.2) is 28.2 Å². The number of hydrogen-bond acceptors (Lipinski definition) is 5. The quantitative estimate of drug-likeness (QED) is 0.643. The highest BCUT2D eigenvalue weighted by Gasteiger charge is 2.09. The van der Waals surface area contributed by atoms with Crippen LogP contribution in [0.1, 0.15) is 10.4 Å². The minimum absolute atomic E-state index is 0. The van der Waals surface area contributed by atoms with Crippen molar-refractivity contribution in [3.05, 3.63) is 23.8 Å². The zero-order valence-electron chi connectivity index (χ0n) is 7.71. The number of rotatable bonds is 3. The van der Waals surface area contributed by atoms with Gasteiger partial charge in [-0.25, -0.2) is 14.4 Å². The summed E-state index contributed by atoms with van der Waals surface area (Å²) in [6.45, 7) is 0. The minimum atomic E-state index is -1.23. The molecule has 82 valence electrons. The van der Waals surface area contributed by atoms with Gasteiger partial charge in [0.2, 0.25) is 12.2 Å². The maximum atomic E-state index is 10.7. The van der Waals surface area contributed by atoms with E-state index in [1.54, 1.807) is 0 Å². The standard InChI is InChI=1S/C9H4N2O4.ClH/c12-4-10-6-1-2-7(9(14)15)8(3-6)11-5-13;/h1-3H,(H,14,15);1H. The van der Waals surface area contributed by atoms with E-state index >= 15 is 0 Å². The van der Waals surface area contributed by atoms with E-state index < -0.39 is 5.97 Å². The molecule has 0 amide bonds. The number of hydrogen-bond donors (Lipinski definition) is 1. The van der Waals surface area contributed by atoms with Crippen LogP contribution in [0.25, 0.3) is 0 Å². The van der Waals surface area contributed by atoms with Gasteiger partial charge in [-0.1, -0.05) is 0 Å². The van der Waals surface area contributed by atoms with Crippen molar-refractivity contribution in [2.45, 2.75) is 0 Å². The molecule has 0 atom stereocenters. The van der Waals surface area contributed by atoms with Crippen molar-refractivity contribution in [3.8, 4) is 0 Å². The zero-order valence-corrected chi connectivity index (χ0v) is 8.52. The van der Waals surface area contributed by atoms with Crippen LogP contribution in [0.2, 0.25) is 0 Å². The van der Waals surface area contributed by atoms with Gasteiger partial charge in [-0.05, 0) is 18.2 Å². The summed E-state index contributed by atoms with van der Waals surface area (Å²) < 4.78 is 0. The van der Waals surface area contributed by atoms with Crippen LogP contribution in [0, 0.1) is 0 Å². The molecule has 6 nitrogen and oxygen atoms in total. The van der Waals surface area contributed by atoms with Crippen molar-refractivity contribution < 1.29 is 19.5 Å². The van der Waals surface area contributed by atoms with Gasteiger partial charge in [0, 0.05) is 0 Å². The first-order valence-corrected chi connectivity index (χ1v) is 3.72. The van der Waals surface area contributed by atoms with Gasteiger partial charge in [0.1, 0.15) is 0 Å². The van der Waals surface area contributed by atoms with Crippen LogP contribution in [0.4, 0.5) is 11.4 Å². The first-order chi connectivity index (χ1) is 7.19. The van der Waals surface area contributed by atoms with E-state index in [-0.39, 0.29) is 29.3 Å². The van der Waals surface area contributed by atoms with E-state index in [0.29, 0.717) is 0 Å². The average Bonchev–Trinajstić information content (AvgIpc) is 2.18. The lowest BCUT2D eigenvalue weighted by molar-refractivity contribution is 0.0698. The number of carbonyl (C=O) groups excluding carboxylic acids is 2. The van der Waals surface area contributed by atoms with Crippen LogP contribution in [-0.4, -0.2) is 23.2 Å². The van der Waals surface area contributed by atoms with Crippen molar-refractivity contribution in [2.24, 2.45) is 9.98 Å². The molecule has 0 aromatic heterocycles. The Morgan fingerprint density at radius 2 is 1.81 bits per heavy atom. The summed E-state index contributed by atoms with van der Waals surface area (Å²) in [4.78, 5) is 37.1. The van der Waals surface area contributed by atoms with Crippen molar-refractivity contribution in [1.29, 1.82) is 0 Å². The van der Waals surface area contributed by atoms with Crippen molar-refractivity contribution in [3.63, 3.8) is 0 Å². The van der Waals surface area contributed by atoms with E-state index in [1.165, 1.54) is 30.4 Å². The van der Waals surface area contributed by atoms with Gasteiger partial charge in [0.05, 0.1) is 16.9 Å². The fourth-order valence-corrected chi connectivity index (χ4v) is 0.965. The van der Waals surface area contributed by atoms with E-state index in [9.17, 15) is 14.4 Å². The third kappa shape index (κ3) is 3.15. The van der Waals surface area contributed by atoms with Gasteiger partial charge in [0.25, 0.3) is 0 Å². The lowest BCUT2D eigenvalue weighted by Gasteiger charge is -1.98. The highest BCUT2D eigenvalue weighted by molar-refractivity contribution is 5.94. The molecular weight excluding hydrogens is 236 g/mol. The number of carbonyl (C=O) groups is 1. The molecule has 0 radical (unpaired) electrons. The molecule has 1 rings (SSSR count). The van der Waals surface area contributed by atoms with Crippen LogP contribution >= 0.6 is 12.4 Å². The molecule has 0 unspecified atom stereocenters. The lowest BCUT2D eigenvalue weighted by atomic mass is 10.1. The molecular formula is C9H5ClN2O4. The Labute approximate surface area is 95.7 Å². The van der Waals surface area contributed by atoms with Gasteiger partial charge in [-0.2, -0.15) is 9.98 Å². The van der Waals surface area contributed by atoms with Crippen molar-refractivity contribution >= 4 is 41.9 Å². The molecule has 0 aliphatic rings. The molecule has 16 heavy (non-hydrogen) atoms. The minimum Gasteiger partial charge on any atom is -0.478 e. The van der Waals surface area contributed by atoms with Gasteiger partial charge in [-0.3, -0.25) is 0 Å². The summed E-state index contributed by atoms with van der Waals surface area (Å²) in [5.74, 6) is -1.23. The molecule has 7 heteroatoms. The maximum Gasteiger partial charge on any atom is 0.337 e. The normalized spacial score (nSPS) is 8.00. The second kappa shape index (κ2) is 6.27. The fraction of sp³-hybridized carbons (Fsp3) is 0. The van der Waals surface area contributed by atoms with Gasteiger partial charge in [0.15, 0.2) is 0 Å². The molecule has 0 heterocycles. The van der Waals surface area contributed by atoms with Gasteiger partial charge in [-0.15, -0.1) is 12.4 Å². The Balaban J connectivity index is 0.00000225. The number of carboxylic acid groups (broad SMARTS) is 1. The number of aromatic carboxylic acids is 1. The monoisotopic (exact) mass is 240 g/mol. The topological polar surface area (TPSA) is 96.2 Å². The van der Waals surface area contributed by atoms with E-state index in [0.717, 1.165) is 0 Å². The van der Waals surface area contributed by atoms with Crippen LogP contribution in [0.5, 0.6) is 0 Å². The van der Waals surface area contributed by atoms with E-state index in [1.807, 2.05) is 0 Å². The number of benzene rings is 1. The van der Waals surface area contributed by atoms with Crippen molar-refractivity contribution in [2.75, 3.05) is 0 Å². The Bertz CT molecular complexity index is 502. The van der Waals surface area contributed by atoms with Crippen LogP contribution < -0.4 is 0 Å². The summed E-state index contributed by atoms with van der Waals surface area (Å²) >= 11 is 0. The smallest absolute Gasteiger partial charge is 0.337 e. The average molecular weight is 241 g/mol. The van der Waals surface area contributed by atoms with Gasteiger partial charge >= 0.3 is 5.97 Å². The van der Waals surface area contributed by atoms with Crippen molar-refractivity contribution in [1.82, 2.24) is 0 Å². The molecule has 0 saturated heterocycles. The number of aliphatic imine (C=N–C) groups is 2. The summed E-state index contributed by atoms with van der Waals surface area (Å²) in [5.41, 5.74) is -0.0961. The summed E-state index contributed by atoms with van der Waals surface area (Å²) in [7, 11) is 0. The largest absolute Gasteiger partial charge is 0.478 e. The van der Waals surface area contributed by atoms with E-state index in [2.05, 4.69) is 9.98 Å². The highest BCUT2D eigenvalue weighted by Crippen LogP contribution is 2.24. The molecule has 1 N–H and O–H groups in total. The molecule has 0 spiro atoms. The summed E-state index contributed by atoms with van der Waals surface area (Å²) in [6, 6.07) is 3.67. The van der Waals surface area contributed by atoms with Crippen LogP contribution in [0.3, 0.4) is 0 Å². The summed E-state index contributed by atoms with van der Waals surface area (Å²) in [5, 5.41) is 8.72. The molecule has 0 bridgehead atoms. The predicted octanol–water partition coefficient (Wildman–Crippen LogP) is 1.74. The number of isocyanates is 2. The first kappa shape index (κ1) is 13.7. The third-order valence-corrected chi connectivity index (χ3v) is 1.55. The molecule has 0 aliphatic carbocycles. The lowest BCUT2D eigenvalue weighted by Crippen LogP contribution is -1.95. The Kier molecular flexibility index (Phi) is 5.38. The Morgan fingerprint density at radius 3 is 2.31 bits per heavy atom. The fourth-order valence-electron chi connectivity index (χ4n) is 0.965. The van der Waals surface area contributed by atoms with E-state index in [4.69, 9.17) is 5.11 Å². The molecule has 1 aromatic rings. The molecule has 0 aliphatic heterocycles.